The number of hydrogen-bond donors (Lipinski definition) is 1. The van der Waals surface area contributed by atoms with Crippen LogP contribution in [0, 0.1) is 5.92 Å². The first-order valence-corrected chi connectivity index (χ1v) is 8.57. The molecule has 1 aliphatic heterocycles. The van der Waals surface area contributed by atoms with E-state index in [0.29, 0.717) is 6.04 Å². The molecule has 3 nitrogen and oxygen atoms in total. The molecule has 1 atom stereocenters. The van der Waals surface area contributed by atoms with E-state index in [9.17, 15) is 0 Å². The third-order valence-corrected chi connectivity index (χ3v) is 4.55. The van der Waals surface area contributed by atoms with Crippen molar-refractivity contribution in [2.45, 2.75) is 33.2 Å². The summed E-state index contributed by atoms with van der Waals surface area (Å²) in [6.07, 6.45) is 1.25. The summed E-state index contributed by atoms with van der Waals surface area (Å²) in [5.41, 5.74) is 5.94. The predicted molar refractivity (Wildman–Crippen MR) is 83.3 cm³/mol. The maximum absolute atomic E-state index is 5.94. The Labute approximate surface area is 117 Å². The predicted octanol–water partition coefficient (Wildman–Crippen LogP) is 1.73. The van der Waals surface area contributed by atoms with Gasteiger partial charge in [-0.05, 0) is 23.8 Å². The van der Waals surface area contributed by atoms with Gasteiger partial charge in [0.05, 0.1) is 0 Å². The number of piperazine rings is 1. The van der Waals surface area contributed by atoms with Gasteiger partial charge in [0, 0.05) is 45.3 Å². The quantitative estimate of drug-likeness (QED) is 0.683. The SMILES string of the molecule is CCSCCC(CN)N1CCN(CC(C)C)CC1. The zero-order valence-electron chi connectivity index (χ0n) is 12.4. The summed E-state index contributed by atoms with van der Waals surface area (Å²) in [5.74, 6) is 3.26. The van der Waals surface area contributed by atoms with Crippen LogP contribution in [0.1, 0.15) is 27.2 Å². The van der Waals surface area contributed by atoms with Crippen molar-refractivity contribution >= 4 is 11.8 Å². The van der Waals surface area contributed by atoms with Crippen LogP contribution < -0.4 is 5.73 Å². The van der Waals surface area contributed by atoms with E-state index >= 15 is 0 Å². The first-order valence-electron chi connectivity index (χ1n) is 7.41. The van der Waals surface area contributed by atoms with Gasteiger partial charge >= 0.3 is 0 Å². The van der Waals surface area contributed by atoms with Crippen LogP contribution in [0.4, 0.5) is 0 Å². The van der Waals surface area contributed by atoms with Crippen LogP contribution in [-0.4, -0.2) is 66.6 Å². The molecule has 0 aromatic heterocycles. The Morgan fingerprint density at radius 1 is 1.17 bits per heavy atom. The van der Waals surface area contributed by atoms with Crippen LogP contribution in [0.2, 0.25) is 0 Å². The average molecular weight is 273 g/mol. The molecule has 0 spiro atoms. The van der Waals surface area contributed by atoms with Gasteiger partial charge in [0.15, 0.2) is 0 Å². The second-order valence-electron chi connectivity index (χ2n) is 5.61. The Bertz CT molecular complexity index is 203. The normalized spacial score (nSPS) is 20.5. The number of thioether (sulfide) groups is 1. The lowest BCUT2D eigenvalue weighted by Crippen LogP contribution is -2.53. The number of rotatable bonds is 8. The minimum atomic E-state index is 0.602. The summed E-state index contributed by atoms with van der Waals surface area (Å²) in [5, 5.41) is 0. The number of nitrogens with two attached hydrogens (primary N) is 1. The third-order valence-electron chi connectivity index (χ3n) is 3.62. The van der Waals surface area contributed by atoms with Crippen molar-refractivity contribution in [2.75, 3.05) is 50.8 Å². The zero-order chi connectivity index (χ0) is 13.4. The Balaban J connectivity index is 2.26. The van der Waals surface area contributed by atoms with E-state index in [1.54, 1.807) is 0 Å². The van der Waals surface area contributed by atoms with Crippen LogP contribution in [0.25, 0.3) is 0 Å². The van der Waals surface area contributed by atoms with Crippen LogP contribution in [0.3, 0.4) is 0 Å². The van der Waals surface area contributed by atoms with Gasteiger partial charge < -0.3 is 10.6 Å². The van der Waals surface area contributed by atoms with E-state index in [2.05, 4.69) is 30.6 Å². The van der Waals surface area contributed by atoms with E-state index in [1.165, 1.54) is 50.7 Å². The van der Waals surface area contributed by atoms with Gasteiger partial charge in [0.1, 0.15) is 0 Å². The molecule has 1 rings (SSSR count). The maximum atomic E-state index is 5.94. The minimum absolute atomic E-state index is 0.602. The first-order chi connectivity index (χ1) is 8.67. The molecule has 108 valence electrons. The van der Waals surface area contributed by atoms with Crippen molar-refractivity contribution in [3.63, 3.8) is 0 Å². The zero-order valence-corrected chi connectivity index (χ0v) is 13.2. The molecule has 1 aliphatic rings. The lowest BCUT2D eigenvalue weighted by molar-refractivity contribution is 0.0902. The van der Waals surface area contributed by atoms with Gasteiger partial charge in [-0.15, -0.1) is 0 Å². The van der Waals surface area contributed by atoms with Crippen LogP contribution in [-0.2, 0) is 0 Å². The van der Waals surface area contributed by atoms with Gasteiger partial charge in [-0.1, -0.05) is 20.8 Å². The molecule has 1 saturated heterocycles. The molecular weight excluding hydrogens is 242 g/mol. The second kappa shape index (κ2) is 9.18. The maximum Gasteiger partial charge on any atom is 0.0227 e. The molecule has 4 heteroatoms. The Morgan fingerprint density at radius 2 is 1.83 bits per heavy atom. The number of nitrogens with zero attached hydrogens (tertiary/aromatic N) is 2. The first kappa shape index (κ1) is 16.3. The Kier molecular flexibility index (Phi) is 8.31. The van der Waals surface area contributed by atoms with Gasteiger partial charge in [-0.3, -0.25) is 4.90 Å². The highest BCUT2D eigenvalue weighted by Crippen LogP contribution is 2.13. The molecule has 0 aliphatic carbocycles. The van der Waals surface area contributed by atoms with Crippen LogP contribution >= 0.6 is 11.8 Å². The molecule has 0 bridgehead atoms. The van der Waals surface area contributed by atoms with Gasteiger partial charge in [0.2, 0.25) is 0 Å². The van der Waals surface area contributed by atoms with E-state index < -0.39 is 0 Å². The third kappa shape index (κ3) is 5.91. The van der Waals surface area contributed by atoms with Gasteiger partial charge in [-0.2, -0.15) is 11.8 Å². The highest BCUT2D eigenvalue weighted by atomic mass is 32.2. The van der Waals surface area contributed by atoms with Gasteiger partial charge in [0.25, 0.3) is 0 Å². The summed E-state index contributed by atoms with van der Waals surface area (Å²) in [6.45, 7) is 13.7. The molecule has 18 heavy (non-hydrogen) atoms. The van der Waals surface area contributed by atoms with E-state index in [1.807, 2.05) is 11.8 Å². The van der Waals surface area contributed by atoms with E-state index in [0.717, 1.165) is 12.5 Å². The molecule has 0 aromatic carbocycles. The molecule has 0 aromatic rings. The Hall–Kier alpha value is 0.230. The smallest absolute Gasteiger partial charge is 0.0227 e. The highest BCUT2D eigenvalue weighted by molar-refractivity contribution is 7.99. The summed E-state index contributed by atoms with van der Waals surface area (Å²) in [6, 6.07) is 0.602. The van der Waals surface area contributed by atoms with Crippen molar-refractivity contribution in [2.24, 2.45) is 11.7 Å². The van der Waals surface area contributed by atoms with Crippen LogP contribution in [0.15, 0.2) is 0 Å². The summed E-state index contributed by atoms with van der Waals surface area (Å²) in [7, 11) is 0. The van der Waals surface area contributed by atoms with Crippen molar-refractivity contribution in [1.82, 2.24) is 9.80 Å². The average Bonchev–Trinajstić information content (AvgIpc) is 2.35. The van der Waals surface area contributed by atoms with E-state index in [-0.39, 0.29) is 0 Å². The lowest BCUT2D eigenvalue weighted by Gasteiger charge is -2.39. The van der Waals surface area contributed by atoms with Crippen molar-refractivity contribution in [3.05, 3.63) is 0 Å². The van der Waals surface area contributed by atoms with Crippen molar-refractivity contribution < 1.29 is 0 Å². The van der Waals surface area contributed by atoms with Crippen molar-refractivity contribution in [3.8, 4) is 0 Å². The highest BCUT2D eigenvalue weighted by Gasteiger charge is 2.22. The largest absolute Gasteiger partial charge is 0.329 e. The van der Waals surface area contributed by atoms with Gasteiger partial charge in [-0.25, -0.2) is 0 Å². The van der Waals surface area contributed by atoms with Crippen molar-refractivity contribution in [1.29, 1.82) is 0 Å². The molecule has 1 unspecified atom stereocenters. The molecule has 0 amide bonds. The monoisotopic (exact) mass is 273 g/mol. The number of hydrogen-bond acceptors (Lipinski definition) is 4. The molecule has 0 radical (unpaired) electrons. The summed E-state index contributed by atoms with van der Waals surface area (Å²) >= 11 is 2.03. The Morgan fingerprint density at radius 3 is 2.33 bits per heavy atom. The lowest BCUT2D eigenvalue weighted by atomic mass is 10.1. The fraction of sp³-hybridized carbons (Fsp3) is 1.00. The topological polar surface area (TPSA) is 32.5 Å². The summed E-state index contributed by atoms with van der Waals surface area (Å²) < 4.78 is 0. The molecule has 0 saturated carbocycles. The van der Waals surface area contributed by atoms with Crippen LogP contribution in [0.5, 0.6) is 0 Å². The standard InChI is InChI=1S/C14H31N3S/c1-4-18-10-5-14(11-15)17-8-6-16(7-9-17)12-13(2)3/h13-14H,4-12,15H2,1-3H3. The fourth-order valence-corrected chi connectivity index (χ4v) is 3.37. The van der Waals surface area contributed by atoms with E-state index in [4.69, 9.17) is 5.73 Å². The minimum Gasteiger partial charge on any atom is -0.329 e. The fourth-order valence-electron chi connectivity index (χ4n) is 2.64. The molecular formula is C14H31N3S. The molecule has 1 heterocycles. The molecule has 2 N–H and O–H groups in total. The molecule has 1 fully saturated rings. The summed E-state index contributed by atoms with van der Waals surface area (Å²) in [4.78, 5) is 5.20. The second-order valence-corrected chi connectivity index (χ2v) is 7.00.